The van der Waals surface area contributed by atoms with Gasteiger partial charge in [-0.3, -0.25) is 4.79 Å². The fraction of sp³-hybridized carbons (Fsp3) is 0.500. The quantitative estimate of drug-likeness (QED) is 0.467. The van der Waals surface area contributed by atoms with Crippen molar-refractivity contribution in [3.8, 4) is 0 Å². The molecule has 1 heterocycles. The fourth-order valence-corrected chi connectivity index (χ4v) is 5.73. The van der Waals surface area contributed by atoms with Gasteiger partial charge in [0, 0.05) is 37.8 Å². The highest BCUT2D eigenvalue weighted by Crippen LogP contribution is 2.27. The maximum absolute atomic E-state index is 14.0. The summed E-state index contributed by atoms with van der Waals surface area (Å²) in [6, 6.07) is 13.1. The number of amides is 1. The van der Waals surface area contributed by atoms with E-state index in [1.165, 1.54) is 6.07 Å². The van der Waals surface area contributed by atoms with Crippen LogP contribution in [0.3, 0.4) is 0 Å². The number of sulfonamides is 1. The van der Waals surface area contributed by atoms with E-state index in [0.717, 1.165) is 25.7 Å². The Morgan fingerprint density at radius 3 is 2.15 bits per heavy atom. The molecule has 1 amide bonds. The van der Waals surface area contributed by atoms with Crippen molar-refractivity contribution in [2.24, 2.45) is 5.92 Å². The normalized spacial score (nSPS) is 15.0. The number of carbonyl (C=O) groups is 1. The highest BCUT2D eigenvalue weighted by molar-refractivity contribution is 7.89. The smallest absolute Gasteiger partial charge is 0.243 e. The lowest BCUT2D eigenvalue weighted by molar-refractivity contribution is -0.120. The third-order valence-corrected chi connectivity index (χ3v) is 8.25. The van der Waals surface area contributed by atoms with Crippen LogP contribution in [0.1, 0.15) is 52.4 Å². The van der Waals surface area contributed by atoms with Crippen molar-refractivity contribution in [1.82, 2.24) is 4.31 Å². The van der Waals surface area contributed by atoms with E-state index in [0.29, 0.717) is 50.4 Å². The lowest BCUT2D eigenvalue weighted by atomic mass is 9.95. The second-order valence-electron chi connectivity index (χ2n) is 8.84. The predicted molar refractivity (Wildman–Crippen MR) is 135 cm³/mol. The van der Waals surface area contributed by atoms with E-state index in [1.54, 1.807) is 40.7 Å². The summed E-state index contributed by atoms with van der Waals surface area (Å²) in [5.41, 5.74) is 1.15. The van der Waals surface area contributed by atoms with Gasteiger partial charge < -0.3 is 10.2 Å². The zero-order valence-corrected chi connectivity index (χ0v) is 21.0. The molecule has 0 unspecified atom stereocenters. The van der Waals surface area contributed by atoms with Crippen LogP contribution < -0.4 is 10.2 Å². The minimum atomic E-state index is -3.56. The van der Waals surface area contributed by atoms with Crippen LogP contribution in [0, 0.1) is 11.7 Å². The maximum Gasteiger partial charge on any atom is 0.243 e. The molecule has 186 valence electrons. The molecule has 8 heteroatoms. The fourth-order valence-electron chi connectivity index (χ4n) is 4.22. The van der Waals surface area contributed by atoms with Crippen molar-refractivity contribution in [3.63, 3.8) is 0 Å². The second kappa shape index (κ2) is 12.3. The Hall–Kier alpha value is -2.45. The summed E-state index contributed by atoms with van der Waals surface area (Å²) in [5, 5.41) is 2.91. The Morgan fingerprint density at radius 2 is 1.59 bits per heavy atom. The SMILES string of the molecule is CCCCN(CCCC)S(=O)(=O)c1ccc(NC(=O)C2CCN(c3ccccc3F)CC2)cc1. The number of hydrogen-bond acceptors (Lipinski definition) is 4. The molecular formula is C26H36FN3O3S. The van der Waals surface area contributed by atoms with Gasteiger partial charge >= 0.3 is 0 Å². The van der Waals surface area contributed by atoms with Gasteiger partial charge in [-0.25, -0.2) is 12.8 Å². The number of para-hydroxylation sites is 1. The molecule has 6 nitrogen and oxygen atoms in total. The zero-order valence-electron chi connectivity index (χ0n) is 20.2. The molecule has 1 saturated heterocycles. The van der Waals surface area contributed by atoms with Crippen molar-refractivity contribution in [3.05, 3.63) is 54.3 Å². The van der Waals surface area contributed by atoms with Crippen LogP contribution in [0.5, 0.6) is 0 Å². The summed E-state index contributed by atoms with van der Waals surface area (Å²) in [6.45, 7) is 6.35. The van der Waals surface area contributed by atoms with Gasteiger partial charge in [-0.15, -0.1) is 0 Å². The van der Waals surface area contributed by atoms with E-state index in [1.807, 2.05) is 24.8 Å². The number of nitrogens with zero attached hydrogens (tertiary/aromatic N) is 2. The van der Waals surface area contributed by atoms with Gasteiger partial charge in [-0.1, -0.05) is 38.8 Å². The number of anilines is 2. The van der Waals surface area contributed by atoms with Gasteiger partial charge in [-0.05, 0) is 62.1 Å². The monoisotopic (exact) mass is 489 g/mol. The molecule has 1 aliphatic heterocycles. The summed E-state index contributed by atoms with van der Waals surface area (Å²) in [4.78, 5) is 15.0. The minimum Gasteiger partial charge on any atom is -0.369 e. The van der Waals surface area contributed by atoms with Crippen molar-refractivity contribution >= 4 is 27.3 Å². The lowest BCUT2D eigenvalue weighted by Crippen LogP contribution is -2.38. The first kappa shape index (κ1) is 26.2. The van der Waals surface area contributed by atoms with Crippen LogP contribution in [0.2, 0.25) is 0 Å². The molecule has 1 N–H and O–H groups in total. The number of rotatable bonds is 11. The number of nitrogens with one attached hydrogen (secondary N) is 1. The predicted octanol–water partition coefficient (Wildman–Crippen LogP) is 5.27. The number of carbonyl (C=O) groups excluding carboxylic acids is 1. The average Bonchev–Trinajstić information content (AvgIpc) is 2.84. The average molecular weight is 490 g/mol. The summed E-state index contributed by atoms with van der Waals surface area (Å²) in [6.07, 6.45) is 4.79. The van der Waals surface area contributed by atoms with E-state index in [2.05, 4.69) is 5.32 Å². The van der Waals surface area contributed by atoms with Crippen LogP contribution in [-0.2, 0) is 14.8 Å². The van der Waals surface area contributed by atoms with E-state index in [9.17, 15) is 17.6 Å². The van der Waals surface area contributed by atoms with E-state index >= 15 is 0 Å². The number of piperidine rings is 1. The number of halogens is 1. The highest BCUT2D eigenvalue weighted by Gasteiger charge is 2.27. The Kier molecular flexibility index (Phi) is 9.47. The van der Waals surface area contributed by atoms with E-state index in [4.69, 9.17) is 0 Å². The number of unbranched alkanes of at least 4 members (excludes halogenated alkanes) is 2. The van der Waals surface area contributed by atoms with Crippen molar-refractivity contribution in [1.29, 1.82) is 0 Å². The van der Waals surface area contributed by atoms with Gasteiger partial charge in [0.15, 0.2) is 0 Å². The van der Waals surface area contributed by atoms with E-state index < -0.39 is 10.0 Å². The Labute approximate surface area is 203 Å². The largest absolute Gasteiger partial charge is 0.369 e. The molecule has 2 aromatic rings. The summed E-state index contributed by atoms with van der Waals surface area (Å²) in [7, 11) is -3.56. The van der Waals surface area contributed by atoms with Crippen molar-refractivity contribution in [2.75, 3.05) is 36.4 Å². The topological polar surface area (TPSA) is 69.7 Å². The first-order valence-electron chi connectivity index (χ1n) is 12.3. The molecule has 0 saturated carbocycles. The Balaban J connectivity index is 1.58. The molecular weight excluding hydrogens is 453 g/mol. The van der Waals surface area contributed by atoms with Crippen LogP contribution in [0.4, 0.5) is 15.8 Å². The first-order valence-corrected chi connectivity index (χ1v) is 13.7. The molecule has 2 aromatic carbocycles. The molecule has 0 atom stereocenters. The Bertz CT molecular complexity index is 1030. The first-order chi connectivity index (χ1) is 16.4. The summed E-state index contributed by atoms with van der Waals surface area (Å²) in [5.74, 6) is -0.496. The van der Waals surface area contributed by atoms with Gasteiger partial charge in [0.25, 0.3) is 0 Å². The van der Waals surface area contributed by atoms with Gasteiger partial charge in [0.05, 0.1) is 10.6 Å². The van der Waals surface area contributed by atoms with Crippen molar-refractivity contribution < 1.29 is 17.6 Å². The highest BCUT2D eigenvalue weighted by atomic mass is 32.2. The van der Waals surface area contributed by atoms with Crippen LogP contribution in [0.15, 0.2) is 53.4 Å². The van der Waals surface area contributed by atoms with Crippen LogP contribution in [-0.4, -0.2) is 44.8 Å². The molecule has 0 spiro atoms. The molecule has 0 bridgehead atoms. The van der Waals surface area contributed by atoms with Gasteiger partial charge in [0.2, 0.25) is 15.9 Å². The molecule has 3 rings (SSSR count). The van der Waals surface area contributed by atoms with Crippen molar-refractivity contribution in [2.45, 2.75) is 57.3 Å². The molecule has 0 aromatic heterocycles. The standard InChI is InChI=1S/C26H36FN3O3S/c1-3-5-17-30(18-6-4-2)34(32,33)23-13-11-22(12-14-23)28-26(31)21-15-19-29(20-16-21)25-10-8-7-9-24(25)27/h7-14,21H,3-6,15-20H2,1-2H3,(H,28,31). The molecule has 0 radical (unpaired) electrons. The summed E-state index contributed by atoms with van der Waals surface area (Å²) < 4.78 is 41.8. The summed E-state index contributed by atoms with van der Waals surface area (Å²) >= 11 is 0. The van der Waals surface area contributed by atoms with Crippen LogP contribution >= 0.6 is 0 Å². The van der Waals surface area contributed by atoms with Crippen LogP contribution in [0.25, 0.3) is 0 Å². The van der Waals surface area contributed by atoms with Gasteiger partial charge in [-0.2, -0.15) is 4.31 Å². The number of hydrogen-bond donors (Lipinski definition) is 1. The second-order valence-corrected chi connectivity index (χ2v) is 10.8. The zero-order chi connectivity index (χ0) is 24.6. The number of benzene rings is 2. The Morgan fingerprint density at radius 1 is 1.00 bits per heavy atom. The molecule has 0 aliphatic carbocycles. The van der Waals surface area contributed by atoms with E-state index in [-0.39, 0.29) is 22.5 Å². The maximum atomic E-state index is 14.0. The third-order valence-electron chi connectivity index (χ3n) is 6.34. The molecule has 34 heavy (non-hydrogen) atoms. The third kappa shape index (κ3) is 6.57. The van der Waals surface area contributed by atoms with Gasteiger partial charge in [0.1, 0.15) is 5.82 Å². The molecule has 1 fully saturated rings. The lowest BCUT2D eigenvalue weighted by Gasteiger charge is -2.33. The minimum absolute atomic E-state index is 0.0868. The molecule has 1 aliphatic rings.